The van der Waals surface area contributed by atoms with Crippen molar-refractivity contribution in [2.24, 2.45) is 0 Å². The van der Waals surface area contributed by atoms with Gasteiger partial charge in [-0.25, -0.2) is 9.07 Å². The number of benzene rings is 2. The smallest absolute Gasteiger partial charge is 0.273 e. The van der Waals surface area contributed by atoms with E-state index in [2.05, 4.69) is 26.6 Å². The van der Waals surface area contributed by atoms with Crippen LogP contribution < -0.4 is 5.32 Å². The number of fused-ring (bicyclic) bond motifs is 1. The normalized spacial score (nSPS) is 14.8. The van der Waals surface area contributed by atoms with Crippen molar-refractivity contribution in [1.82, 2.24) is 25.2 Å². The van der Waals surface area contributed by atoms with Gasteiger partial charge in [-0.2, -0.15) is 0 Å². The van der Waals surface area contributed by atoms with E-state index in [0.29, 0.717) is 5.69 Å². The lowest BCUT2D eigenvalue weighted by atomic mass is 9.97. The van der Waals surface area contributed by atoms with Crippen molar-refractivity contribution in [3.05, 3.63) is 76.4 Å². The van der Waals surface area contributed by atoms with Crippen molar-refractivity contribution >= 4 is 5.91 Å². The molecule has 1 amide bonds. The molecule has 1 atom stereocenters. The molecule has 4 rings (SSSR count). The van der Waals surface area contributed by atoms with Crippen molar-refractivity contribution in [3.8, 4) is 5.69 Å². The number of aromatic nitrogens is 3. The molecule has 0 fully saturated rings. The zero-order valence-electron chi connectivity index (χ0n) is 18.2. The Kier molecular flexibility index (Phi) is 6.13. The van der Waals surface area contributed by atoms with Gasteiger partial charge in [0.15, 0.2) is 5.69 Å². The van der Waals surface area contributed by atoms with Crippen LogP contribution >= 0.6 is 0 Å². The van der Waals surface area contributed by atoms with Crippen LogP contribution in [-0.2, 0) is 19.5 Å². The zero-order chi connectivity index (χ0) is 22.0. The number of carbonyl (C=O) groups is 1. The lowest BCUT2D eigenvalue weighted by Crippen LogP contribution is -2.32. The van der Waals surface area contributed by atoms with Crippen LogP contribution in [0.2, 0.25) is 0 Å². The predicted molar refractivity (Wildman–Crippen MR) is 118 cm³/mol. The Morgan fingerprint density at radius 2 is 2.00 bits per heavy atom. The van der Waals surface area contributed by atoms with Crippen LogP contribution in [0.5, 0.6) is 0 Å². The zero-order valence-corrected chi connectivity index (χ0v) is 18.2. The fourth-order valence-corrected chi connectivity index (χ4v) is 3.99. The number of rotatable bonds is 6. The van der Waals surface area contributed by atoms with E-state index in [4.69, 9.17) is 0 Å². The summed E-state index contributed by atoms with van der Waals surface area (Å²) in [4.78, 5) is 14.9. The molecule has 0 saturated carbocycles. The quantitative estimate of drug-likeness (QED) is 0.658. The van der Waals surface area contributed by atoms with Gasteiger partial charge in [-0.15, -0.1) is 5.10 Å². The van der Waals surface area contributed by atoms with Gasteiger partial charge in [-0.05, 0) is 61.6 Å². The molecule has 0 spiro atoms. The number of halogens is 1. The molecule has 0 unspecified atom stereocenters. The fourth-order valence-electron chi connectivity index (χ4n) is 3.99. The lowest BCUT2D eigenvalue weighted by molar-refractivity contribution is 0.0933. The Morgan fingerprint density at radius 1 is 1.23 bits per heavy atom. The Bertz CT molecular complexity index is 1080. The van der Waals surface area contributed by atoms with E-state index in [9.17, 15) is 9.18 Å². The van der Waals surface area contributed by atoms with Crippen LogP contribution in [0.15, 0.2) is 42.5 Å². The Labute approximate surface area is 182 Å². The molecule has 1 aromatic heterocycles. The molecule has 0 radical (unpaired) electrons. The van der Waals surface area contributed by atoms with Crippen molar-refractivity contribution in [2.75, 3.05) is 6.54 Å². The minimum absolute atomic E-state index is 0.0913. The minimum atomic E-state index is -0.210. The van der Waals surface area contributed by atoms with Gasteiger partial charge in [0.05, 0.1) is 11.4 Å². The second-order valence-electron chi connectivity index (χ2n) is 8.22. The number of nitrogens with one attached hydrogen (secondary N) is 1. The van der Waals surface area contributed by atoms with E-state index in [1.807, 2.05) is 45.0 Å². The van der Waals surface area contributed by atoms with Crippen LogP contribution in [0.1, 0.15) is 53.1 Å². The molecule has 162 valence electrons. The van der Waals surface area contributed by atoms with Crippen LogP contribution in [0.25, 0.3) is 5.69 Å². The number of hydrogen-bond donors (Lipinski definition) is 1. The van der Waals surface area contributed by atoms with Gasteiger partial charge in [-0.1, -0.05) is 36.4 Å². The number of hydrogen-bond acceptors (Lipinski definition) is 4. The Balaban J connectivity index is 1.55. The average Bonchev–Trinajstić information content (AvgIpc) is 3.16. The third kappa shape index (κ3) is 4.51. The van der Waals surface area contributed by atoms with Crippen molar-refractivity contribution in [2.45, 2.75) is 52.7 Å². The lowest BCUT2D eigenvalue weighted by Gasteiger charge is -2.30. The average molecular weight is 422 g/mol. The van der Waals surface area contributed by atoms with E-state index >= 15 is 0 Å². The number of carbonyl (C=O) groups excluding carboxylic acids is 1. The summed E-state index contributed by atoms with van der Waals surface area (Å²) in [5, 5.41) is 11.4. The van der Waals surface area contributed by atoms with E-state index < -0.39 is 0 Å². The van der Waals surface area contributed by atoms with Crippen molar-refractivity contribution in [3.63, 3.8) is 0 Å². The van der Waals surface area contributed by atoms with E-state index in [1.165, 1.54) is 23.3 Å². The molecule has 6 nitrogen and oxygen atoms in total. The van der Waals surface area contributed by atoms with Gasteiger partial charge in [0, 0.05) is 25.7 Å². The first kappa shape index (κ1) is 21.2. The molecule has 1 N–H and O–H groups in total. The number of nitrogens with zero attached hydrogens (tertiary/aromatic N) is 4. The molecule has 2 heterocycles. The molecule has 1 aliphatic rings. The molecule has 2 aromatic carbocycles. The molecule has 31 heavy (non-hydrogen) atoms. The monoisotopic (exact) mass is 421 g/mol. The predicted octanol–water partition coefficient (Wildman–Crippen LogP) is 3.80. The summed E-state index contributed by atoms with van der Waals surface area (Å²) < 4.78 is 15.0. The molecule has 0 aliphatic carbocycles. The second kappa shape index (κ2) is 8.98. The molecule has 3 aromatic rings. The van der Waals surface area contributed by atoms with Crippen LogP contribution in [0.4, 0.5) is 4.39 Å². The highest BCUT2D eigenvalue weighted by Gasteiger charge is 2.23. The van der Waals surface area contributed by atoms with E-state index in [1.54, 1.807) is 4.68 Å². The van der Waals surface area contributed by atoms with Gasteiger partial charge in [0.2, 0.25) is 0 Å². The summed E-state index contributed by atoms with van der Waals surface area (Å²) in [6.07, 6.45) is 1.74. The maximum absolute atomic E-state index is 13.2. The molecule has 7 heteroatoms. The maximum Gasteiger partial charge on any atom is 0.273 e. The third-order valence-electron chi connectivity index (χ3n) is 5.97. The highest BCUT2D eigenvalue weighted by Crippen LogP contribution is 2.27. The summed E-state index contributed by atoms with van der Waals surface area (Å²) in [7, 11) is 0. The Hall–Kier alpha value is -3.06. The molecule has 1 aliphatic heterocycles. The molecule has 0 bridgehead atoms. The highest BCUT2D eigenvalue weighted by atomic mass is 19.1. The summed E-state index contributed by atoms with van der Waals surface area (Å²) in [5.41, 5.74) is 5.66. The van der Waals surface area contributed by atoms with E-state index in [0.717, 1.165) is 49.4 Å². The highest BCUT2D eigenvalue weighted by molar-refractivity contribution is 5.93. The van der Waals surface area contributed by atoms with Crippen LogP contribution in [0, 0.1) is 12.7 Å². The molecule has 0 saturated heterocycles. The molecular formula is C24H28FN5O. The summed E-state index contributed by atoms with van der Waals surface area (Å²) in [5.74, 6) is -0.397. The summed E-state index contributed by atoms with van der Waals surface area (Å²) in [6, 6.07) is 13.0. The first-order valence-corrected chi connectivity index (χ1v) is 10.8. The Morgan fingerprint density at radius 3 is 2.74 bits per heavy atom. The second-order valence-corrected chi connectivity index (χ2v) is 8.22. The topological polar surface area (TPSA) is 63.1 Å². The van der Waals surface area contributed by atoms with E-state index in [-0.39, 0.29) is 17.8 Å². The first-order chi connectivity index (χ1) is 15.0. The summed E-state index contributed by atoms with van der Waals surface area (Å²) in [6.45, 7) is 8.39. The first-order valence-electron chi connectivity index (χ1n) is 10.8. The van der Waals surface area contributed by atoms with Crippen molar-refractivity contribution in [1.29, 1.82) is 0 Å². The number of amides is 1. The fraction of sp³-hybridized carbons (Fsp3) is 0.375. The van der Waals surface area contributed by atoms with Gasteiger partial charge < -0.3 is 5.32 Å². The standard InChI is InChI=1S/C24H28FN5O/c1-4-16(2)26-24(31)23-17(3)30(28-27-23)22-7-5-6-19-15-29(13-12-21(19)22)14-18-8-10-20(25)11-9-18/h5-11,16H,4,12-15H2,1-3H3,(H,26,31)/t16-/m0/s1. The van der Waals surface area contributed by atoms with Crippen LogP contribution in [0.3, 0.4) is 0 Å². The SMILES string of the molecule is CC[C@H](C)NC(=O)c1nnn(-c2cccc3c2CCN(Cc2ccc(F)cc2)C3)c1C. The third-order valence-corrected chi connectivity index (χ3v) is 5.97. The van der Waals surface area contributed by atoms with Crippen LogP contribution in [-0.4, -0.2) is 38.4 Å². The van der Waals surface area contributed by atoms with Gasteiger partial charge in [0.1, 0.15) is 5.82 Å². The maximum atomic E-state index is 13.2. The summed E-state index contributed by atoms with van der Waals surface area (Å²) >= 11 is 0. The largest absolute Gasteiger partial charge is 0.348 e. The van der Waals surface area contributed by atoms with Gasteiger partial charge >= 0.3 is 0 Å². The minimum Gasteiger partial charge on any atom is -0.348 e. The van der Waals surface area contributed by atoms with Crippen molar-refractivity contribution < 1.29 is 9.18 Å². The molecular weight excluding hydrogens is 393 g/mol. The van der Waals surface area contributed by atoms with Gasteiger partial charge in [0.25, 0.3) is 5.91 Å². The van der Waals surface area contributed by atoms with Gasteiger partial charge in [-0.3, -0.25) is 9.69 Å².